The van der Waals surface area contributed by atoms with Gasteiger partial charge in [-0.25, -0.2) is 0 Å². The van der Waals surface area contributed by atoms with Gasteiger partial charge in [0.1, 0.15) is 24.4 Å². The van der Waals surface area contributed by atoms with Gasteiger partial charge < -0.3 is 33.2 Å². The van der Waals surface area contributed by atoms with E-state index >= 15 is 0 Å². The predicted octanol–water partition coefficient (Wildman–Crippen LogP) is 7.82. The Morgan fingerprint density at radius 1 is 0.540 bits per heavy atom. The third-order valence-corrected chi connectivity index (χ3v) is 8.63. The Bertz CT molecular complexity index is 1470. The van der Waals surface area contributed by atoms with Gasteiger partial charge in [0.15, 0.2) is 6.29 Å². The van der Waals surface area contributed by atoms with Gasteiger partial charge in [0.05, 0.1) is 40.1 Å². The van der Waals surface area contributed by atoms with Crippen LogP contribution in [0.2, 0.25) is 0 Å². The van der Waals surface area contributed by atoms with Crippen molar-refractivity contribution in [2.45, 2.75) is 89.2 Å². The number of rotatable bonds is 21. The van der Waals surface area contributed by atoms with Gasteiger partial charge in [-0.15, -0.1) is 0 Å². The van der Waals surface area contributed by atoms with Crippen LogP contribution in [0.3, 0.4) is 0 Å². The van der Waals surface area contributed by atoms with Crippen molar-refractivity contribution in [3.8, 4) is 0 Å². The molecule has 0 saturated carbocycles. The van der Waals surface area contributed by atoms with Gasteiger partial charge in [-0.2, -0.15) is 0 Å². The molecule has 1 saturated heterocycles. The van der Waals surface area contributed by atoms with Crippen molar-refractivity contribution in [1.82, 2.24) is 0 Å². The monoisotopic (exact) mass is 682 g/mol. The molecule has 0 radical (unpaired) electrons. The van der Waals surface area contributed by atoms with Gasteiger partial charge in [-0.3, -0.25) is 4.79 Å². The van der Waals surface area contributed by atoms with Gasteiger partial charge >= 0.3 is 5.97 Å². The third kappa shape index (κ3) is 12.5. The maximum atomic E-state index is 11.5. The molecule has 0 bridgehead atoms. The number of carbonyl (C=O) groups is 1. The van der Waals surface area contributed by atoms with Crippen molar-refractivity contribution < 1.29 is 38.0 Å². The van der Waals surface area contributed by atoms with Crippen LogP contribution >= 0.6 is 0 Å². The molecule has 5 rings (SSSR count). The summed E-state index contributed by atoms with van der Waals surface area (Å²) in [6.45, 7) is 2.27. The zero-order valence-electron chi connectivity index (χ0n) is 29.0. The molecule has 1 heterocycles. The first-order valence-corrected chi connectivity index (χ1v) is 17.6. The molecule has 0 spiro atoms. The Morgan fingerprint density at radius 2 is 1.00 bits per heavy atom. The van der Waals surface area contributed by atoms with Gasteiger partial charge in [0.2, 0.25) is 0 Å². The Kier molecular flexibility index (Phi) is 16.0. The van der Waals surface area contributed by atoms with Crippen LogP contribution < -0.4 is 0 Å². The predicted molar refractivity (Wildman–Crippen MR) is 191 cm³/mol. The molecule has 0 unspecified atom stereocenters. The van der Waals surface area contributed by atoms with Crippen LogP contribution in [0.4, 0.5) is 0 Å². The number of esters is 1. The average Bonchev–Trinajstić information content (AvgIpc) is 3.17. The van der Waals surface area contributed by atoms with E-state index in [0.29, 0.717) is 39.5 Å². The Morgan fingerprint density at radius 3 is 1.52 bits per heavy atom. The van der Waals surface area contributed by atoms with Crippen LogP contribution in [0.5, 0.6) is 0 Å². The number of benzene rings is 4. The molecular formula is C42H50O8. The summed E-state index contributed by atoms with van der Waals surface area (Å²) in [6, 6.07) is 40.4. The quantitative estimate of drug-likeness (QED) is 0.0650. The second kappa shape index (κ2) is 21.4. The van der Waals surface area contributed by atoms with E-state index in [4.69, 9.17) is 33.2 Å². The summed E-state index contributed by atoms with van der Waals surface area (Å²) < 4.78 is 44.4. The largest absolute Gasteiger partial charge is 0.469 e. The van der Waals surface area contributed by atoms with Gasteiger partial charge in [0, 0.05) is 13.0 Å². The molecule has 5 atom stereocenters. The fraction of sp³-hybridized carbons (Fsp3) is 0.405. The fourth-order valence-corrected chi connectivity index (χ4v) is 5.91. The van der Waals surface area contributed by atoms with Crippen LogP contribution in [-0.4, -0.2) is 57.0 Å². The molecule has 4 aromatic carbocycles. The summed E-state index contributed by atoms with van der Waals surface area (Å²) in [5, 5.41) is 0. The Labute approximate surface area is 296 Å². The summed E-state index contributed by atoms with van der Waals surface area (Å²) >= 11 is 0. The molecule has 0 amide bonds. The minimum Gasteiger partial charge on any atom is -0.469 e. The summed E-state index contributed by atoms with van der Waals surface area (Å²) in [5.41, 5.74) is 4.20. The van der Waals surface area contributed by atoms with E-state index in [2.05, 4.69) is 0 Å². The Hall–Kier alpha value is -3.89. The second-order valence-electron chi connectivity index (χ2n) is 12.4. The molecule has 1 fully saturated rings. The molecule has 0 aromatic heterocycles. The lowest BCUT2D eigenvalue weighted by Gasteiger charge is -2.46. The minimum atomic E-state index is -0.726. The topological polar surface area (TPSA) is 81.7 Å². The van der Waals surface area contributed by atoms with Gasteiger partial charge in [-0.1, -0.05) is 134 Å². The lowest BCUT2D eigenvalue weighted by molar-refractivity contribution is -0.328. The zero-order chi connectivity index (χ0) is 34.6. The molecule has 1 aliphatic rings. The lowest BCUT2D eigenvalue weighted by Crippen LogP contribution is -2.61. The summed E-state index contributed by atoms with van der Waals surface area (Å²) in [7, 11) is 1.42. The van der Waals surface area contributed by atoms with E-state index in [0.717, 1.165) is 47.9 Å². The summed E-state index contributed by atoms with van der Waals surface area (Å²) in [4.78, 5) is 11.5. The van der Waals surface area contributed by atoms with Crippen molar-refractivity contribution in [2.75, 3.05) is 20.3 Å². The van der Waals surface area contributed by atoms with Crippen molar-refractivity contribution >= 4 is 5.97 Å². The first-order valence-electron chi connectivity index (χ1n) is 17.6. The van der Waals surface area contributed by atoms with Crippen molar-refractivity contribution in [3.05, 3.63) is 144 Å². The van der Waals surface area contributed by atoms with Crippen LogP contribution in [0.1, 0.15) is 54.4 Å². The van der Waals surface area contributed by atoms with Crippen LogP contribution in [0.25, 0.3) is 0 Å². The SMILES string of the molecule is COC(=O)CCCCCCO[C@H]1O[C@H](COCc2ccccc2)[C@@H](OCc2ccccc2)[C@H](OCc2ccccc2)[C@@H]1OCc1ccccc1. The highest BCUT2D eigenvalue weighted by Crippen LogP contribution is 2.32. The normalized spacial score (nSPS) is 20.4. The van der Waals surface area contributed by atoms with E-state index in [-0.39, 0.29) is 12.6 Å². The van der Waals surface area contributed by atoms with Crippen LogP contribution in [0.15, 0.2) is 121 Å². The molecule has 0 N–H and O–H groups in total. The number of methoxy groups -OCH3 is 1. The van der Waals surface area contributed by atoms with E-state index in [9.17, 15) is 4.79 Å². The van der Waals surface area contributed by atoms with Crippen molar-refractivity contribution in [3.63, 3.8) is 0 Å². The zero-order valence-corrected chi connectivity index (χ0v) is 29.0. The minimum absolute atomic E-state index is 0.179. The molecule has 8 nitrogen and oxygen atoms in total. The standard InChI is InChI=1S/C42H50O8/c1-44-38(43)26-16-2-3-17-27-46-42-41(49-31-36-24-14-7-15-25-36)40(48-30-35-22-12-6-13-23-35)39(47-29-34-20-10-5-11-21-34)37(50-42)32-45-28-33-18-8-4-9-19-33/h4-15,18-25,37,39-42H,2-3,16-17,26-32H2,1H3/t37-,39-,40+,41+,42+/m1/s1. The maximum Gasteiger partial charge on any atom is 0.305 e. The highest BCUT2D eigenvalue weighted by atomic mass is 16.7. The molecule has 0 aliphatic carbocycles. The van der Waals surface area contributed by atoms with E-state index < -0.39 is 30.7 Å². The highest BCUT2D eigenvalue weighted by molar-refractivity contribution is 5.68. The van der Waals surface area contributed by atoms with Crippen LogP contribution in [0, 0.1) is 0 Å². The molecule has 8 heteroatoms. The second-order valence-corrected chi connectivity index (χ2v) is 12.4. The number of hydrogen-bond donors (Lipinski definition) is 0. The molecule has 1 aliphatic heterocycles. The van der Waals surface area contributed by atoms with E-state index in [1.165, 1.54) is 7.11 Å². The van der Waals surface area contributed by atoms with Crippen molar-refractivity contribution in [2.24, 2.45) is 0 Å². The number of ether oxygens (including phenoxy) is 7. The first-order chi connectivity index (χ1) is 24.7. The fourth-order valence-electron chi connectivity index (χ4n) is 5.91. The van der Waals surface area contributed by atoms with E-state index in [1.54, 1.807) is 0 Å². The Balaban J connectivity index is 1.36. The molecule has 266 valence electrons. The third-order valence-electron chi connectivity index (χ3n) is 8.63. The lowest BCUT2D eigenvalue weighted by atomic mass is 9.97. The van der Waals surface area contributed by atoms with Crippen LogP contribution in [-0.2, 0) is 64.4 Å². The molecular weight excluding hydrogens is 632 g/mol. The number of unbranched alkanes of at least 4 members (excludes halogenated alkanes) is 3. The summed E-state index contributed by atoms with van der Waals surface area (Å²) in [5.74, 6) is -0.179. The number of carbonyl (C=O) groups excluding carboxylic acids is 1. The van der Waals surface area contributed by atoms with Crippen molar-refractivity contribution in [1.29, 1.82) is 0 Å². The smallest absolute Gasteiger partial charge is 0.305 e. The van der Waals surface area contributed by atoms with Gasteiger partial charge in [-0.05, 0) is 35.1 Å². The highest BCUT2D eigenvalue weighted by Gasteiger charge is 2.49. The number of hydrogen-bond acceptors (Lipinski definition) is 8. The average molecular weight is 683 g/mol. The molecule has 50 heavy (non-hydrogen) atoms. The maximum absolute atomic E-state index is 11.5. The van der Waals surface area contributed by atoms with E-state index in [1.807, 2.05) is 121 Å². The summed E-state index contributed by atoms with van der Waals surface area (Å²) in [6.07, 6.45) is 0.975. The van der Waals surface area contributed by atoms with Gasteiger partial charge in [0.25, 0.3) is 0 Å². The first kappa shape index (κ1) is 37.4. The molecule has 4 aromatic rings.